The Bertz CT molecular complexity index is 576. The molecule has 19 heavy (non-hydrogen) atoms. The van der Waals surface area contributed by atoms with Gasteiger partial charge in [0, 0.05) is 18.8 Å². The van der Waals surface area contributed by atoms with Gasteiger partial charge in [-0.1, -0.05) is 37.6 Å². The zero-order valence-corrected chi connectivity index (χ0v) is 11.6. The average Bonchev–Trinajstić information content (AvgIpc) is 2.87. The monoisotopic (exact) mass is 254 g/mol. The van der Waals surface area contributed by atoms with Crippen LogP contribution in [0.5, 0.6) is 0 Å². The van der Waals surface area contributed by atoms with Gasteiger partial charge in [0.05, 0.1) is 0 Å². The minimum Gasteiger partial charge on any atom is -0.398 e. The highest BCUT2D eigenvalue weighted by Gasteiger charge is 2.21. The number of likely N-dealkylation sites (tertiary alicyclic amines) is 1. The Labute approximate surface area is 115 Å². The van der Waals surface area contributed by atoms with Gasteiger partial charge in [0.25, 0.3) is 0 Å². The van der Waals surface area contributed by atoms with E-state index >= 15 is 0 Å². The highest BCUT2D eigenvalue weighted by Crippen LogP contribution is 2.26. The van der Waals surface area contributed by atoms with Crippen LogP contribution in [0.15, 0.2) is 36.4 Å². The largest absolute Gasteiger partial charge is 0.398 e. The smallest absolute Gasteiger partial charge is 0.0366 e. The Morgan fingerprint density at radius 2 is 1.95 bits per heavy atom. The van der Waals surface area contributed by atoms with E-state index in [4.69, 9.17) is 5.73 Å². The van der Waals surface area contributed by atoms with E-state index in [-0.39, 0.29) is 0 Å². The lowest BCUT2D eigenvalue weighted by molar-refractivity contribution is 0.316. The molecule has 0 radical (unpaired) electrons. The van der Waals surface area contributed by atoms with Gasteiger partial charge in [-0.2, -0.15) is 0 Å². The summed E-state index contributed by atoms with van der Waals surface area (Å²) in [5.74, 6) is 0.877. The standard InChI is InChI=1S/C17H22N2/c1-2-13-7-8-19(11-13)12-16-9-14-5-3-4-6-15(14)10-17(16)18/h3-6,9-10,13H,2,7-8,11-12,18H2,1H3. The summed E-state index contributed by atoms with van der Waals surface area (Å²) in [6.45, 7) is 5.72. The van der Waals surface area contributed by atoms with Crippen LogP contribution in [0.2, 0.25) is 0 Å². The maximum absolute atomic E-state index is 6.21. The van der Waals surface area contributed by atoms with Crippen LogP contribution in [0.1, 0.15) is 25.3 Å². The van der Waals surface area contributed by atoms with Gasteiger partial charge in [0.2, 0.25) is 0 Å². The molecule has 1 heterocycles. The lowest BCUT2D eigenvalue weighted by Crippen LogP contribution is -2.20. The highest BCUT2D eigenvalue weighted by molar-refractivity contribution is 5.86. The predicted octanol–water partition coefficient (Wildman–Crippen LogP) is 3.65. The number of rotatable bonds is 3. The van der Waals surface area contributed by atoms with Crippen LogP contribution in [0.4, 0.5) is 5.69 Å². The van der Waals surface area contributed by atoms with E-state index in [9.17, 15) is 0 Å². The summed E-state index contributed by atoms with van der Waals surface area (Å²) in [5.41, 5.74) is 8.41. The molecule has 0 bridgehead atoms. The molecule has 0 spiro atoms. The van der Waals surface area contributed by atoms with Gasteiger partial charge < -0.3 is 5.73 Å². The first-order chi connectivity index (χ1) is 9.26. The van der Waals surface area contributed by atoms with Gasteiger partial charge in [-0.05, 0) is 47.4 Å². The van der Waals surface area contributed by atoms with E-state index < -0.39 is 0 Å². The van der Waals surface area contributed by atoms with Crippen molar-refractivity contribution in [3.63, 3.8) is 0 Å². The Morgan fingerprint density at radius 3 is 2.63 bits per heavy atom. The summed E-state index contributed by atoms with van der Waals surface area (Å²) in [6.07, 6.45) is 2.63. The molecule has 2 nitrogen and oxygen atoms in total. The van der Waals surface area contributed by atoms with E-state index in [1.165, 1.54) is 42.3 Å². The van der Waals surface area contributed by atoms with Crippen molar-refractivity contribution in [2.45, 2.75) is 26.3 Å². The third kappa shape index (κ3) is 2.59. The van der Waals surface area contributed by atoms with Gasteiger partial charge in [-0.3, -0.25) is 4.90 Å². The predicted molar refractivity (Wildman–Crippen MR) is 82.0 cm³/mol. The van der Waals surface area contributed by atoms with E-state index in [0.29, 0.717) is 0 Å². The van der Waals surface area contributed by atoms with Crippen molar-refractivity contribution in [2.75, 3.05) is 18.8 Å². The molecule has 2 heteroatoms. The maximum atomic E-state index is 6.21. The van der Waals surface area contributed by atoms with Crippen molar-refractivity contribution in [1.29, 1.82) is 0 Å². The second-order valence-electron chi connectivity index (χ2n) is 5.70. The fraction of sp³-hybridized carbons (Fsp3) is 0.412. The van der Waals surface area contributed by atoms with Crippen molar-refractivity contribution in [1.82, 2.24) is 4.90 Å². The fourth-order valence-corrected chi connectivity index (χ4v) is 3.07. The number of anilines is 1. The minimum atomic E-state index is 0.877. The number of hydrogen-bond donors (Lipinski definition) is 1. The summed E-state index contributed by atoms with van der Waals surface area (Å²) in [7, 11) is 0. The molecule has 0 aliphatic carbocycles. The topological polar surface area (TPSA) is 29.3 Å². The summed E-state index contributed by atoms with van der Waals surface area (Å²) in [5, 5.41) is 2.52. The molecular formula is C17H22N2. The molecule has 2 aromatic carbocycles. The van der Waals surface area contributed by atoms with Crippen LogP contribution in [0, 0.1) is 5.92 Å². The molecule has 100 valence electrons. The van der Waals surface area contributed by atoms with Crippen LogP contribution in [0.25, 0.3) is 10.8 Å². The number of fused-ring (bicyclic) bond motifs is 1. The van der Waals surface area contributed by atoms with Crippen LogP contribution >= 0.6 is 0 Å². The molecular weight excluding hydrogens is 232 g/mol. The molecule has 0 saturated carbocycles. The first-order valence-corrected chi connectivity index (χ1v) is 7.25. The van der Waals surface area contributed by atoms with Crippen molar-refractivity contribution in [3.05, 3.63) is 42.0 Å². The Hall–Kier alpha value is -1.54. The second kappa shape index (κ2) is 5.22. The zero-order chi connectivity index (χ0) is 13.2. The number of nitrogens with zero attached hydrogens (tertiary/aromatic N) is 1. The van der Waals surface area contributed by atoms with Gasteiger partial charge in [0.15, 0.2) is 0 Å². The normalized spacial score (nSPS) is 20.2. The van der Waals surface area contributed by atoms with Crippen molar-refractivity contribution in [3.8, 4) is 0 Å². The molecule has 1 fully saturated rings. The summed E-state index contributed by atoms with van der Waals surface area (Å²) < 4.78 is 0. The molecule has 3 rings (SSSR count). The SMILES string of the molecule is CCC1CCN(Cc2cc3ccccc3cc2N)C1. The van der Waals surface area contributed by atoms with Gasteiger partial charge in [-0.15, -0.1) is 0 Å². The number of benzene rings is 2. The molecule has 2 aromatic rings. The third-order valence-electron chi connectivity index (χ3n) is 4.35. The van der Waals surface area contributed by atoms with E-state index in [1.807, 2.05) is 0 Å². The molecule has 1 unspecified atom stereocenters. The average molecular weight is 254 g/mol. The van der Waals surface area contributed by atoms with Gasteiger partial charge >= 0.3 is 0 Å². The molecule has 0 amide bonds. The third-order valence-corrected chi connectivity index (χ3v) is 4.35. The lowest BCUT2D eigenvalue weighted by Gasteiger charge is -2.17. The Kier molecular flexibility index (Phi) is 3.43. The number of nitrogen functional groups attached to an aromatic ring is 1. The van der Waals surface area contributed by atoms with Crippen molar-refractivity contribution < 1.29 is 0 Å². The molecule has 1 aliphatic rings. The van der Waals surface area contributed by atoms with E-state index in [2.05, 4.69) is 48.2 Å². The van der Waals surface area contributed by atoms with Crippen molar-refractivity contribution >= 4 is 16.5 Å². The highest BCUT2D eigenvalue weighted by atomic mass is 15.1. The van der Waals surface area contributed by atoms with Gasteiger partial charge in [0.1, 0.15) is 0 Å². The molecule has 1 atom stereocenters. The van der Waals surface area contributed by atoms with Crippen LogP contribution in [-0.4, -0.2) is 18.0 Å². The number of nitrogens with two attached hydrogens (primary N) is 1. The Morgan fingerprint density at radius 1 is 1.21 bits per heavy atom. The summed E-state index contributed by atoms with van der Waals surface area (Å²) >= 11 is 0. The van der Waals surface area contributed by atoms with E-state index in [1.54, 1.807) is 0 Å². The first kappa shape index (κ1) is 12.5. The molecule has 1 saturated heterocycles. The molecule has 2 N–H and O–H groups in total. The van der Waals surface area contributed by atoms with E-state index in [0.717, 1.165) is 18.2 Å². The lowest BCUT2D eigenvalue weighted by atomic mass is 10.0. The summed E-state index contributed by atoms with van der Waals surface area (Å²) in [4.78, 5) is 2.54. The molecule has 1 aliphatic heterocycles. The van der Waals surface area contributed by atoms with Gasteiger partial charge in [-0.25, -0.2) is 0 Å². The maximum Gasteiger partial charge on any atom is 0.0366 e. The Balaban J connectivity index is 1.83. The first-order valence-electron chi connectivity index (χ1n) is 7.25. The second-order valence-corrected chi connectivity index (χ2v) is 5.70. The summed E-state index contributed by atoms with van der Waals surface area (Å²) in [6, 6.07) is 12.8. The van der Waals surface area contributed by atoms with Crippen LogP contribution in [-0.2, 0) is 6.54 Å². The quantitative estimate of drug-likeness (QED) is 0.847. The van der Waals surface area contributed by atoms with Crippen molar-refractivity contribution in [2.24, 2.45) is 5.92 Å². The fourth-order valence-electron chi connectivity index (χ4n) is 3.07. The minimum absolute atomic E-state index is 0.877. The van der Waals surface area contributed by atoms with Crippen LogP contribution < -0.4 is 5.73 Å². The molecule has 0 aromatic heterocycles. The van der Waals surface area contributed by atoms with Crippen LogP contribution in [0.3, 0.4) is 0 Å². The number of hydrogen-bond acceptors (Lipinski definition) is 2. The zero-order valence-electron chi connectivity index (χ0n) is 11.6.